The largest absolute Gasteiger partial charge is 0.469 e. The molecular weight excluding hydrogens is 276 g/mol. The molecule has 2 rings (SSSR count). The number of hydrogen-bond donors (Lipinski definition) is 1. The molecule has 7 heteroatoms. The van der Waals surface area contributed by atoms with Crippen LogP contribution in [-0.2, 0) is 14.3 Å². The molecule has 21 heavy (non-hydrogen) atoms. The Balaban J connectivity index is 1.68. The Labute approximate surface area is 123 Å². The summed E-state index contributed by atoms with van der Waals surface area (Å²) < 4.78 is 14.8. The minimum Gasteiger partial charge on any atom is -0.469 e. The molecule has 0 atom stereocenters. The van der Waals surface area contributed by atoms with E-state index in [-0.39, 0.29) is 30.4 Å². The quantitative estimate of drug-likeness (QED) is 0.821. The van der Waals surface area contributed by atoms with Crippen LogP contribution in [0.1, 0.15) is 31.4 Å². The second kappa shape index (κ2) is 7.10. The minimum absolute atomic E-state index is 0.0440. The molecule has 1 saturated carbocycles. The molecule has 1 aromatic heterocycles. The lowest BCUT2D eigenvalue weighted by Gasteiger charge is -2.27. The predicted molar refractivity (Wildman–Crippen MR) is 72.6 cm³/mol. The number of aromatic nitrogens is 1. The van der Waals surface area contributed by atoms with Gasteiger partial charge in [-0.3, -0.25) is 9.59 Å². The van der Waals surface area contributed by atoms with E-state index in [2.05, 4.69) is 10.5 Å². The highest BCUT2D eigenvalue weighted by Crippen LogP contribution is 2.25. The summed E-state index contributed by atoms with van der Waals surface area (Å²) in [6.45, 7) is 1.66. The Morgan fingerprint density at radius 3 is 2.67 bits per heavy atom. The molecule has 1 aliphatic rings. The van der Waals surface area contributed by atoms with Crippen LogP contribution in [0.2, 0.25) is 0 Å². The number of nitrogens with zero attached hydrogens (tertiary/aromatic N) is 1. The van der Waals surface area contributed by atoms with Crippen molar-refractivity contribution in [3.05, 3.63) is 11.8 Å². The topological polar surface area (TPSA) is 90.7 Å². The monoisotopic (exact) mass is 296 g/mol. The first kappa shape index (κ1) is 15.3. The number of methoxy groups -OCH3 is 1. The highest BCUT2D eigenvalue weighted by atomic mass is 16.5. The van der Waals surface area contributed by atoms with Gasteiger partial charge in [0.2, 0.25) is 0 Å². The Morgan fingerprint density at radius 2 is 2.10 bits per heavy atom. The van der Waals surface area contributed by atoms with E-state index in [1.54, 1.807) is 13.0 Å². The summed E-state index contributed by atoms with van der Waals surface area (Å²) in [6.07, 6.45) is 3.02. The molecule has 1 heterocycles. The lowest BCUT2D eigenvalue weighted by atomic mass is 9.86. The first-order valence-corrected chi connectivity index (χ1v) is 7.01. The van der Waals surface area contributed by atoms with Crippen molar-refractivity contribution in [2.24, 2.45) is 5.92 Å². The lowest BCUT2D eigenvalue weighted by molar-refractivity contribution is -0.146. The van der Waals surface area contributed by atoms with Crippen molar-refractivity contribution in [3.63, 3.8) is 0 Å². The molecule has 0 aliphatic heterocycles. The van der Waals surface area contributed by atoms with Gasteiger partial charge in [-0.1, -0.05) is 0 Å². The van der Waals surface area contributed by atoms with Crippen LogP contribution in [0.4, 0.5) is 0 Å². The zero-order valence-electron chi connectivity index (χ0n) is 12.3. The van der Waals surface area contributed by atoms with E-state index < -0.39 is 0 Å². The van der Waals surface area contributed by atoms with Crippen LogP contribution in [0.5, 0.6) is 5.88 Å². The van der Waals surface area contributed by atoms with Gasteiger partial charge >= 0.3 is 5.97 Å². The summed E-state index contributed by atoms with van der Waals surface area (Å²) in [5, 5.41) is 6.54. The molecule has 1 aromatic rings. The van der Waals surface area contributed by atoms with Crippen molar-refractivity contribution in [1.82, 2.24) is 10.5 Å². The van der Waals surface area contributed by atoms with Crippen molar-refractivity contribution in [2.45, 2.75) is 38.6 Å². The summed E-state index contributed by atoms with van der Waals surface area (Å²) in [5.74, 6) is 0.530. The van der Waals surface area contributed by atoms with Crippen molar-refractivity contribution < 1.29 is 23.6 Å². The highest BCUT2D eigenvalue weighted by Gasteiger charge is 2.27. The number of rotatable bonds is 5. The predicted octanol–water partition coefficient (Wildman–Crippen LogP) is 1.21. The first-order chi connectivity index (χ1) is 10.1. The molecule has 0 bridgehead atoms. The highest BCUT2D eigenvalue weighted by molar-refractivity contribution is 5.78. The second-order valence-electron chi connectivity index (χ2n) is 5.20. The number of ether oxygens (including phenoxy) is 2. The van der Waals surface area contributed by atoms with Gasteiger partial charge in [-0.05, 0) is 37.8 Å². The fourth-order valence-corrected chi connectivity index (χ4v) is 2.46. The Bertz CT molecular complexity index is 491. The summed E-state index contributed by atoms with van der Waals surface area (Å²) in [4.78, 5) is 23.2. The van der Waals surface area contributed by atoms with E-state index in [4.69, 9.17) is 14.0 Å². The van der Waals surface area contributed by atoms with Crippen molar-refractivity contribution in [1.29, 1.82) is 0 Å². The summed E-state index contributed by atoms with van der Waals surface area (Å²) >= 11 is 0. The van der Waals surface area contributed by atoms with E-state index in [1.807, 2.05) is 0 Å². The number of carbonyl (C=O) groups is 2. The number of amides is 1. The minimum atomic E-state index is -0.197. The van der Waals surface area contributed by atoms with E-state index in [0.717, 1.165) is 25.7 Å². The smallest absolute Gasteiger partial charge is 0.308 e. The first-order valence-electron chi connectivity index (χ1n) is 7.01. The van der Waals surface area contributed by atoms with E-state index in [1.165, 1.54) is 7.11 Å². The van der Waals surface area contributed by atoms with E-state index >= 15 is 0 Å². The lowest BCUT2D eigenvalue weighted by Crippen LogP contribution is -2.41. The molecule has 7 nitrogen and oxygen atoms in total. The number of carbonyl (C=O) groups excluding carboxylic acids is 2. The maximum atomic E-state index is 11.8. The van der Waals surface area contributed by atoms with Gasteiger partial charge in [-0.25, -0.2) is 0 Å². The van der Waals surface area contributed by atoms with Gasteiger partial charge in [-0.15, -0.1) is 0 Å². The van der Waals surface area contributed by atoms with Crippen LogP contribution >= 0.6 is 0 Å². The van der Waals surface area contributed by atoms with Crippen molar-refractivity contribution in [2.75, 3.05) is 13.7 Å². The number of nitrogens with one attached hydrogen (secondary N) is 1. The summed E-state index contributed by atoms with van der Waals surface area (Å²) in [5.41, 5.74) is 0. The van der Waals surface area contributed by atoms with E-state index in [0.29, 0.717) is 11.6 Å². The van der Waals surface area contributed by atoms with Gasteiger partial charge in [0, 0.05) is 12.1 Å². The Hall–Kier alpha value is -2.05. The number of aryl methyl sites for hydroxylation is 1. The standard InChI is InChI=1S/C14H20N2O5/c1-9-7-13(16-21-9)20-8-12(17)15-11-5-3-10(4-6-11)14(18)19-2/h7,10-11H,3-6,8H2,1-2H3,(H,15,17). The SMILES string of the molecule is COC(=O)C1CCC(NC(=O)COc2cc(C)on2)CC1. The van der Waals surface area contributed by atoms with Crippen LogP contribution in [-0.4, -0.2) is 36.8 Å². The Morgan fingerprint density at radius 1 is 1.38 bits per heavy atom. The van der Waals surface area contributed by atoms with E-state index in [9.17, 15) is 9.59 Å². The van der Waals surface area contributed by atoms with Crippen molar-refractivity contribution in [3.8, 4) is 5.88 Å². The van der Waals surface area contributed by atoms with Crippen molar-refractivity contribution >= 4 is 11.9 Å². The molecule has 1 N–H and O–H groups in total. The van der Waals surface area contributed by atoms with Gasteiger partial charge in [0.05, 0.1) is 13.0 Å². The molecule has 0 radical (unpaired) electrons. The molecule has 0 saturated heterocycles. The molecule has 1 amide bonds. The van der Waals surface area contributed by atoms with Gasteiger partial charge in [-0.2, -0.15) is 0 Å². The van der Waals surface area contributed by atoms with Gasteiger partial charge in [0.15, 0.2) is 6.61 Å². The molecule has 1 fully saturated rings. The molecular formula is C14H20N2O5. The van der Waals surface area contributed by atoms with Crippen LogP contribution in [0.3, 0.4) is 0 Å². The molecule has 1 aliphatic carbocycles. The van der Waals surface area contributed by atoms with Gasteiger partial charge < -0.3 is 19.3 Å². The van der Waals surface area contributed by atoms with Crippen LogP contribution in [0, 0.1) is 12.8 Å². The maximum absolute atomic E-state index is 11.8. The normalized spacial score (nSPS) is 21.6. The maximum Gasteiger partial charge on any atom is 0.308 e. The third kappa shape index (κ3) is 4.47. The average molecular weight is 296 g/mol. The van der Waals surface area contributed by atoms with Crippen LogP contribution < -0.4 is 10.1 Å². The molecule has 116 valence electrons. The third-order valence-electron chi connectivity index (χ3n) is 3.58. The zero-order chi connectivity index (χ0) is 15.2. The van der Waals surface area contributed by atoms with Crippen LogP contribution in [0.15, 0.2) is 10.6 Å². The fraction of sp³-hybridized carbons (Fsp3) is 0.643. The molecule has 0 aromatic carbocycles. The van der Waals surface area contributed by atoms with Gasteiger partial charge in [0.25, 0.3) is 11.8 Å². The Kier molecular flexibility index (Phi) is 5.19. The number of hydrogen-bond acceptors (Lipinski definition) is 6. The third-order valence-corrected chi connectivity index (χ3v) is 3.58. The zero-order valence-corrected chi connectivity index (χ0v) is 12.3. The molecule has 0 unspecified atom stereocenters. The van der Waals surface area contributed by atoms with Crippen LogP contribution in [0.25, 0.3) is 0 Å². The average Bonchev–Trinajstić information content (AvgIpc) is 2.91. The molecule has 0 spiro atoms. The number of esters is 1. The van der Waals surface area contributed by atoms with Gasteiger partial charge in [0.1, 0.15) is 5.76 Å². The summed E-state index contributed by atoms with van der Waals surface area (Å²) in [7, 11) is 1.40. The fourth-order valence-electron chi connectivity index (χ4n) is 2.46. The second-order valence-corrected chi connectivity index (χ2v) is 5.20. The summed E-state index contributed by atoms with van der Waals surface area (Å²) in [6, 6.07) is 1.70.